The number of aliphatic carboxylic acids is 1. The second-order valence-electron chi connectivity index (χ2n) is 4.36. The summed E-state index contributed by atoms with van der Waals surface area (Å²) >= 11 is 3.12. The van der Waals surface area contributed by atoms with Crippen LogP contribution in [0.1, 0.15) is 23.4 Å². The van der Waals surface area contributed by atoms with E-state index in [2.05, 4.69) is 18.0 Å². The Balaban J connectivity index is 2.00. The summed E-state index contributed by atoms with van der Waals surface area (Å²) in [5.74, 6) is -0.735. The van der Waals surface area contributed by atoms with E-state index in [-0.39, 0.29) is 0 Å². The van der Waals surface area contributed by atoms with Crippen molar-refractivity contribution in [3.63, 3.8) is 0 Å². The van der Waals surface area contributed by atoms with Crippen LogP contribution in [0.4, 0.5) is 0 Å². The number of aryl methyl sites for hydroxylation is 1. The largest absolute Gasteiger partial charge is 0.481 e. The maximum absolute atomic E-state index is 11.2. The predicted molar refractivity (Wildman–Crippen MR) is 68.7 cm³/mol. The van der Waals surface area contributed by atoms with Crippen molar-refractivity contribution < 1.29 is 9.90 Å². The number of thiazole rings is 1. The smallest absolute Gasteiger partial charge is 0.316 e. The van der Waals surface area contributed by atoms with Gasteiger partial charge in [0, 0.05) is 5.38 Å². The van der Waals surface area contributed by atoms with Crippen molar-refractivity contribution in [3.8, 4) is 10.6 Å². The zero-order valence-electron chi connectivity index (χ0n) is 9.27. The maximum atomic E-state index is 11.2. The number of hydrogen-bond acceptors (Lipinski definition) is 4. The van der Waals surface area contributed by atoms with E-state index in [1.807, 2.05) is 10.8 Å². The molecule has 0 unspecified atom stereocenters. The molecule has 2 aromatic heterocycles. The monoisotopic (exact) mass is 265 g/mol. The van der Waals surface area contributed by atoms with Gasteiger partial charge in [-0.2, -0.15) is 0 Å². The lowest BCUT2D eigenvalue weighted by Gasteiger charge is -2.03. The molecule has 5 heteroatoms. The van der Waals surface area contributed by atoms with Crippen LogP contribution < -0.4 is 0 Å². The molecule has 88 valence electrons. The summed E-state index contributed by atoms with van der Waals surface area (Å²) in [6.07, 6.45) is 1.44. The fraction of sp³-hybridized carbons (Fsp3) is 0.333. The van der Waals surface area contributed by atoms with E-state index in [0.717, 1.165) is 28.4 Å². The van der Waals surface area contributed by atoms with Crippen LogP contribution in [-0.2, 0) is 10.2 Å². The summed E-state index contributed by atoms with van der Waals surface area (Å²) in [7, 11) is 0. The van der Waals surface area contributed by atoms with Crippen molar-refractivity contribution in [3.05, 3.63) is 27.4 Å². The molecule has 3 rings (SSSR count). The predicted octanol–water partition coefficient (Wildman–Crippen LogP) is 3.30. The Bertz CT molecular complexity index is 581. The lowest BCUT2D eigenvalue weighted by molar-refractivity contribution is -0.140. The minimum absolute atomic E-state index is 0.673. The van der Waals surface area contributed by atoms with E-state index in [1.165, 1.54) is 16.9 Å². The molecular weight excluding hydrogens is 254 g/mol. The summed E-state index contributed by atoms with van der Waals surface area (Å²) in [6.45, 7) is 2.05. The highest BCUT2D eigenvalue weighted by Gasteiger charge is 2.54. The van der Waals surface area contributed by atoms with Crippen LogP contribution in [0.5, 0.6) is 0 Å². The third-order valence-corrected chi connectivity index (χ3v) is 5.25. The van der Waals surface area contributed by atoms with Gasteiger partial charge in [-0.1, -0.05) is 0 Å². The van der Waals surface area contributed by atoms with Gasteiger partial charge < -0.3 is 5.11 Å². The Morgan fingerprint density at radius 1 is 1.47 bits per heavy atom. The van der Waals surface area contributed by atoms with Gasteiger partial charge in [0.25, 0.3) is 0 Å². The van der Waals surface area contributed by atoms with Gasteiger partial charge in [-0.15, -0.1) is 22.7 Å². The van der Waals surface area contributed by atoms with Crippen LogP contribution in [0, 0.1) is 6.92 Å². The summed E-state index contributed by atoms with van der Waals surface area (Å²) in [5.41, 5.74) is 1.45. The summed E-state index contributed by atoms with van der Waals surface area (Å²) in [4.78, 5) is 16.9. The van der Waals surface area contributed by atoms with E-state index in [0.29, 0.717) is 0 Å². The first-order valence-corrected chi connectivity index (χ1v) is 7.13. The van der Waals surface area contributed by atoms with Crippen molar-refractivity contribution in [2.45, 2.75) is 25.2 Å². The Labute approximate surface area is 107 Å². The topological polar surface area (TPSA) is 50.2 Å². The maximum Gasteiger partial charge on any atom is 0.316 e. The van der Waals surface area contributed by atoms with Crippen LogP contribution in [0.25, 0.3) is 10.6 Å². The minimum atomic E-state index is -0.735. The lowest BCUT2D eigenvalue weighted by Crippen LogP contribution is -2.19. The first-order chi connectivity index (χ1) is 8.13. The van der Waals surface area contributed by atoms with Gasteiger partial charge in [0.1, 0.15) is 10.4 Å². The molecule has 0 radical (unpaired) electrons. The first kappa shape index (κ1) is 10.9. The standard InChI is InChI=1S/C12H11NO2S2/c1-7-2-5-16-9(7)8-6-17-10(13-8)12(3-4-12)11(14)15/h2,5-6H,3-4H2,1H3,(H,14,15). The molecule has 1 saturated carbocycles. The molecule has 1 aliphatic carbocycles. The molecule has 17 heavy (non-hydrogen) atoms. The van der Waals surface area contributed by atoms with E-state index in [9.17, 15) is 9.90 Å². The molecule has 1 aliphatic rings. The zero-order valence-corrected chi connectivity index (χ0v) is 10.9. The van der Waals surface area contributed by atoms with E-state index in [1.54, 1.807) is 11.3 Å². The first-order valence-electron chi connectivity index (χ1n) is 5.37. The van der Waals surface area contributed by atoms with Crippen molar-refractivity contribution >= 4 is 28.6 Å². The fourth-order valence-corrected chi connectivity index (χ4v) is 3.90. The van der Waals surface area contributed by atoms with Gasteiger partial charge >= 0.3 is 5.97 Å². The van der Waals surface area contributed by atoms with Crippen LogP contribution in [0.3, 0.4) is 0 Å². The van der Waals surface area contributed by atoms with Crippen molar-refractivity contribution in [2.75, 3.05) is 0 Å². The number of carboxylic acids is 1. The molecular formula is C12H11NO2S2. The van der Waals surface area contributed by atoms with Gasteiger partial charge in [0.05, 0.1) is 10.6 Å². The molecule has 0 atom stereocenters. The summed E-state index contributed by atoms with van der Waals surface area (Å²) in [6, 6.07) is 2.06. The number of carboxylic acid groups (broad SMARTS) is 1. The van der Waals surface area contributed by atoms with Gasteiger partial charge in [0.2, 0.25) is 0 Å². The van der Waals surface area contributed by atoms with Gasteiger partial charge in [-0.05, 0) is 36.8 Å². The number of carbonyl (C=O) groups is 1. The highest BCUT2D eigenvalue weighted by Crippen LogP contribution is 2.50. The number of nitrogens with zero attached hydrogens (tertiary/aromatic N) is 1. The number of hydrogen-bond donors (Lipinski definition) is 1. The zero-order chi connectivity index (χ0) is 12.0. The average Bonchev–Trinajstić information content (AvgIpc) is 2.77. The molecule has 0 saturated heterocycles. The summed E-state index contributed by atoms with van der Waals surface area (Å²) in [5, 5.41) is 14.0. The van der Waals surface area contributed by atoms with Crippen LogP contribution in [-0.4, -0.2) is 16.1 Å². The highest BCUT2D eigenvalue weighted by atomic mass is 32.1. The van der Waals surface area contributed by atoms with Crippen molar-refractivity contribution in [2.24, 2.45) is 0 Å². The number of aromatic nitrogens is 1. The van der Waals surface area contributed by atoms with E-state index in [4.69, 9.17) is 0 Å². The average molecular weight is 265 g/mol. The minimum Gasteiger partial charge on any atom is -0.481 e. The quantitative estimate of drug-likeness (QED) is 0.926. The van der Waals surface area contributed by atoms with Crippen LogP contribution in [0.2, 0.25) is 0 Å². The Morgan fingerprint density at radius 2 is 2.24 bits per heavy atom. The van der Waals surface area contributed by atoms with Crippen LogP contribution >= 0.6 is 22.7 Å². The highest BCUT2D eigenvalue weighted by molar-refractivity contribution is 7.14. The fourth-order valence-electron chi connectivity index (χ4n) is 1.88. The lowest BCUT2D eigenvalue weighted by atomic mass is 10.1. The molecule has 2 aromatic rings. The third-order valence-electron chi connectivity index (χ3n) is 3.17. The summed E-state index contributed by atoms with van der Waals surface area (Å²) < 4.78 is 0. The third kappa shape index (κ3) is 1.61. The number of thiophene rings is 1. The van der Waals surface area contributed by atoms with Crippen LogP contribution in [0.15, 0.2) is 16.8 Å². The van der Waals surface area contributed by atoms with Crippen molar-refractivity contribution in [1.82, 2.24) is 4.98 Å². The molecule has 1 N–H and O–H groups in total. The van der Waals surface area contributed by atoms with E-state index < -0.39 is 11.4 Å². The van der Waals surface area contributed by atoms with Gasteiger partial charge in [-0.25, -0.2) is 4.98 Å². The molecule has 1 fully saturated rings. The Morgan fingerprint density at radius 3 is 2.76 bits per heavy atom. The molecule has 0 spiro atoms. The van der Waals surface area contributed by atoms with Gasteiger partial charge in [0.15, 0.2) is 0 Å². The molecule has 0 bridgehead atoms. The number of rotatable bonds is 3. The second-order valence-corrected chi connectivity index (χ2v) is 6.13. The molecule has 0 amide bonds. The van der Waals surface area contributed by atoms with Crippen molar-refractivity contribution in [1.29, 1.82) is 0 Å². The molecule has 0 aromatic carbocycles. The van der Waals surface area contributed by atoms with Gasteiger partial charge in [-0.3, -0.25) is 4.79 Å². The van der Waals surface area contributed by atoms with E-state index >= 15 is 0 Å². The molecule has 0 aliphatic heterocycles. The Kier molecular flexibility index (Phi) is 2.34. The molecule has 3 nitrogen and oxygen atoms in total. The normalized spacial score (nSPS) is 17.0. The SMILES string of the molecule is Cc1ccsc1-c1csc(C2(C(=O)O)CC2)n1. The Hall–Kier alpha value is -1.20. The molecule has 2 heterocycles. The second kappa shape index (κ2) is 3.65.